The van der Waals surface area contributed by atoms with Crippen molar-refractivity contribution in [3.8, 4) is 11.3 Å². The first-order chi connectivity index (χ1) is 5.86. The number of halogens is 1. The lowest BCUT2D eigenvalue weighted by Gasteiger charge is -1.94. The quantitative estimate of drug-likeness (QED) is 0.807. The van der Waals surface area contributed by atoms with E-state index in [1.807, 2.05) is 18.5 Å². The van der Waals surface area contributed by atoms with Gasteiger partial charge in [-0.2, -0.15) is 0 Å². The molecule has 1 N–H and O–H groups in total. The van der Waals surface area contributed by atoms with Gasteiger partial charge in [-0.25, -0.2) is 4.98 Å². The predicted molar refractivity (Wildman–Crippen MR) is 54.5 cm³/mol. The zero-order valence-corrected chi connectivity index (χ0v) is 8.32. The minimum atomic E-state index is 0.906. The normalized spacial score (nSPS) is 10.1. The van der Waals surface area contributed by atoms with E-state index in [-0.39, 0.29) is 0 Å². The molecule has 0 aliphatic heterocycles. The fourth-order valence-corrected chi connectivity index (χ4v) is 1.39. The molecule has 0 fully saturated rings. The Morgan fingerprint density at radius 3 is 2.92 bits per heavy atom. The molecule has 60 valence electrons. The third-order valence-corrected chi connectivity index (χ3v) is 2.02. The first-order valence-electron chi connectivity index (χ1n) is 3.47. The van der Waals surface area contributed by atoms with Gasteiger partial charge in [-0.3, -0.25) is 4.98 Å². The molecular formula is C8H6IN3. The Hall–Kier alpha value is -0.910. The maximum atomic E-state index is 4.32. The van der Waals surface area contributed by atoms with Gasteiger partial charge in [0, 0.05) is 18.0 Å². The van der Waals surface area contributed by atoms with E-state index >= 15 is 0 Å². The van der Waals surface area contributed by atoms with Gasteiger partial charge in [0.1, 0.15) is 3.70 Å². The Morgan fingerprint density at radius 2 is 2.25 bits per heavy atom. The summed E-state index contributed by atoms with van der Waals surface area (Å²) < 4.78 is 0.909. The fraction of sp³-hybridized carbons (Fsp3) is 0. The highest BCUT2D eigenvalue weighted by Gasteiger charge is 1.99. The maximum Gasteiger partial charge on any atom is 0.120 e. The van der Waals surface area contributed by atoms with Crippen LogP contribution in [0.1, 0.15) is 0 Å². The van der Waals surface area contributed by atoms with Crippen molar-refractivity contribution in [2.24, 2.45) is 0 Å². The van der Waals surface area contributed by atoms with E-state index in [2.05, 4.69) is 37.5 Å². The molecule has 0 aliphatic carbocycles. The lowest BCUT2D eigenvalue weighted by molar-refractivity contribution is 1.17. The van der Waals surface area contributed by atoms with Crippen LogP contribution in [0.3, 0.4) is 0 Å². The van der Waals surface area contributed by atoms with E-state index in [0.717, 1.165) is 15.0 Å². The zero-order chi connectivity index (χ0) is 8.39. The molecule has 0 bridgehead atoms. The highest BCUT2D eigenvalue weighted by Crippen LogP contribution is 2.14. The smallest absolute Gasteiger partial charge is 0.120 e. The van der Waals surface area contributed by atoms with Gasteiger partial charge in [0.25, 0.3) is 0 Å². The topological polar surface area (TPSA) is 41.6 Å². The van der Waals surface area contributed by atoms with E-state index in [1.165, 1.54) is 0 Å². The number of aromatic nitrogens is 3. The van der Waals surface area contributed by atoms with Crippen molar-refractivity contribution in [2.45, 2.75) is 0 Å². The SMILES string of the molecule is Ic1cncc(-c2cc[nH]c2)n1. The van der Waals surface area contributed by atoms with Crippen LogP contribution in [0.2, 0.25) is 0 Å². The van der Waals surface area contributed by atoms with Gasteiger partial charge in [-0.15, -0.1) is 0 Å². The molecule has 0 atom stereocenters. The molecule has 0 unspecified atom stereocenters. The molecule has 4 heteroatoms. The molecule has 2 aromatic rings. The summed E-state index contributed by atoms with van der Waals surface area (Å²) in [4.78, 5) is 11.4. The van der Waals surface area contributed by atoms with Gasteiger partial charge in [-0.05, 0) is 28.7 Å². The van der Waals surface area contributed by atoms with E-state index in [4.69, 9.17) is 0 Å². The van der Waals surface area contributed by atoms with Gasteiger partial charge < -0.3 is 4.98 Å². The van der Waals surface area contributed by atoms with Crippen LogP contribution in [-0.2, 0) is 0 Å². The highest BCUT2D eigenvalue weighted by atomic mass is 127. The van der Waals surface area contributed by atoms with Gasteiger partial charge in [0.2, 0.25) is 0 Å². The van der Waals surface area contributed by atoms with Crippen LogP contribution in [0, 0.1) is 3.70 Å². The number of H-pyrrole nitrogens is 1. The minimum absolute atomic E-state index is 0.906. The van der Waals surface area contributed by atoms with Crippen molar-refractivity contribution >= 4 is 22.6 Å². The number of hydrogen-bond acceptors (Lipinski definition) is 2. The summed E-state index contributed by atoms with van der Waals surface area (Å²) in [6.45, 7) is 0. The summed E-state index contributed by atoms with van der Waals surface area (Å²) in [5.41, 5.74) is 1.98. The van der Waals surface area contributed by atoms with E-state index in [1.54, 1.807) is 12.4 Å². The number of nitrogens with zero attached hydrogens (tertiary/aromatic N) is 2. The summed E-state index contributed by atoms with van der Waals surface area (Å²) in [7, 11) is 0. The molecule has 0 radical (unpaired) electrons. The number of aromatic amines is 1. The van der Waals surface area contributed by atoms with Crippen LogP contribution in [0.5, 0.6) is 0 Å². The summed E-state index contributed by atoms with van der Waals surface area (Å²) in [5, 5.41) is 0. The van der Waals surface area contributed by atoms with Crippen LogP contribution in [-0.4, -0.2) is 15.0 Å². The third kappa shape index (κ3) is 1.47. The van der Waals surface area contributed by atoms with Gasteiger partial charge >= 0.3 is 0 Å². The molecule has 0 amide bonds. The maximum absolute atomic E-state index is 4.32. The van der Waals surface area contributed by atoms with Crippen LogP contribution >= 0.6 is 22.6 Å². The van der Waals surface area contributed by atoms with Gasteiger partial charge in [-0.1, -0.05) is 0 Å². The van der Waals surface area contributed by atoms with E-state index in [9.17, 15) is 0 Å². The molecule has 2 heterocycles. The lowest BCUT2D eigenvalue weighted by Crippen LogP contribution is -1.86. The molecule has 0 saturated heterocycles. The molecule has 0 aliphatic rings. The molecular weight excluding hydrogens is 265 g/mol. The Kier molecular flexibility index (Phi) is 2.07. The van der Waals surface area contributed by atoms with Crippen LogP contribution in [0.25, 0.3) is 11.3 Å². The standard InChI is InChI=1S/C8H6IN3/c9-8-5-11-4-7(12-8)6-1-2-10-3-6/h1-5,10H. The summed E-state index contributed by atoms with van der Waals surface area (Å²) in [6, 6.07) is 1.97. The second-order valence-corrected chi connectivity index (χ2v) is 3.43. The van der Waals surface area contributed by atoms with E-state index in [0.29, 0.717) is 0 Å². The van der Waals surface area contributed by atoms with Crippen molar-refractivity contribution in [2.75, 3.05) is 0 Å². The van der Waals surface area contributed by atoms with Crippen molar-refractivity contribution in [1.82, 2.24) is 15.0 Å². The Labute approximate surface area is 83.4 Å². The monoisotopic (exact) mass is 271 g/mol. The van der Waals surface area contributed by atoms with Crippen molar-refractivity contribution < 1.29 is 0 Å². The van der Waals surface area contributed by atoms with Crippen LogP contribution < -0.4 is 0 Å². The zero-order valence-electron chi connectivity index (χ0n) is 6.16. The summed E-state index contributed by atoms with van der Waals surface area (Å²) >= 11 is 2.15. The highest BCUT2D eigenvalue weighted by molar-refractivity contribution is 14.1. The van der Waals surface area contributed by atoms with Gasteiger partial charge in [0.05, 0.1) is 18.1 Å². The van der Waals surface area contributed by atoms with Crippen molar-refractivity contribution in [3.05, 3.63) is 34.6 Å². The first kappa shape index (κ1) is 7.72. The lowest BCUT2D eigenvalue weighted by atomic mass is 10.2. The average Bonchev–Trinajstić information content (AvgIpc) is 2.56. The second-order valence-electron chi connectivity index (χ2n) is 2.33. The number of rotatable bonds is 1. The largest absolute Gasteiger partial charge is 0.367 e. The predicted octanol–water partition coefficient (Wildman–Crippen LogP) is 2.08. The molecule has 0 spiro atoms. The van der Waals surface area contributed by atoms with Gasteiger partial charge in [0.15, 0.2) is 0 Å². The number of hydrogen-bond donors (Lipinski definition) is 1. The second kappa shape index (κ2) is 3.22. The minimum Gasteiger partial charge on any atom is -0.367 e. The third-order valence-electron chi connectivity index (χ3n) is 1.50. The molecule has 0 saturated carbocycles. The molecule has 2 rings (SSSR count). The molecule has 3 nitrogen and oxygen atoms in total. The van der Waals surface area contributed by atoms with Crippen LogP contribution in [0.4, 0.5) is 0 Å². The molecule has 12 heavy (non-hydrogen) atoms. The average molecular weight is 271 g/mol. The van der Waals surface area contributed by atoms with Crippen LogP contribution in [0.15, 0.2) is 30.9 Å². The molecule has 2 aromatic heterocycles. The molecule has 0 aromatic carbocycles. The van der Waals surface area contributed by atoms with E-state index < -0.39 is 0 Å². The Morgan fingerprint density at radius 1 is 1.33 bits per heavy atom. The Bertz CT molecular complexity index is 370. The van der Waals surface area contributed by atoms with Crippen molar-refractivity contribution in [1.29, 1.82) is 0 Å². The Balaban J connectivity index is 2.48. The fourth-order valence-electron chi connectivity index (χ4n) is 0.964. The first-order valence-corrected chi connectivity index (χ1v) is 4.55. The number of nitrogens with one attached hydrogen (secondary N) is 1. The summed E-state index contributed by atoms with van der Waals surface area (Å²) in [6.07, 6.45) is 7.26. The van der Waals surface area contributed by atoms with Crippen molar-refractivity contribution in [3.63, 3.8) is 0 Å². The summed E-state index contributed by atoms with van der Waals surface area (Å²) in [5.74, 6) is 0.